The molecule has 1 aromatic carbocycles. The number of alkyl halides is 3. The molecule has 0 atom stereocenters. The number of piperazine rings is 1. The van der Waals surface area contributed by atoms with Crippen LogP contribution in [0.3, 0.4) is 0 Å². The van der Waals surface area contributed by atoms with Crippen LogP contribution in [0, 0.1) is 11.3 Å². The van der Waals surface area contributed by atoms with E-state index in [4.69, 9.17) is 5.26 Å². The van der Waals surface area contributed by atoms with Gasteiger partial charge in [-0.2, -0.15) is 18.4 Å². The molecular formula is C12H8F3N3O2. The average molecular weight is 283 g/mol. The van der Waals surface area contributed by atoms with E-state index in [1.165, 1.54) is 11.0 Å². The normalized spacial score (nSPS) is 15.8. The molecule has 5 nitrogen and oxygen atoms in total. The third-order valence-corrected chi connectivity index (χ3v) is 2.74. The largest absolute Gasteiger partial charge is 0.417 e. The Hall–Kier alpha value is -2.56. The van der Waals surface area contributed by atoms with Crippen molar-refractivity contribution in [2.75, 3.05) is 18.0 Å². The fraction of sp³-hybridized carbons (Fsp3) is 0.250. The Morgan fingerprint density at radius 3 is 2.30 bits per heavy atom. The van der Waals surface area contributed by atoms with E-state index >= 15 is 0 Å². The fourth-order valence-corrected chi connectivity index (χ4v) is 1.89. The van der Waals surface area contributed by atoms with E-state index < -0.39 is 29.1 Å². The van der Waals surface area contributed by atoms with E-state index in [2.05, 4.69) is 5.32 Å². The topological polar surface area (TPSA) is 73.2 Å². The van der Waals surface area contributed by atoms with Crippen LogP contribution in [0.25, 0.3) is 0 Å². The molecule has 1 aliphatic rings. The number of amides is 2. The molecule has 0 spiro atoms. The summed E-state index contributed by atoms with van der Waals surface area (Å²) in [6, 6.07) is 4.40. The Labute approximate surface area is 111 Å². The van der Waals surface area contributed by atoms with Crippen molar-refractivity contribution in [3.63, 3.8) is 0 Å². The molecule has 8 heteroatoms. The van der Waals surface area contributed by atoms with Crippen LogP contribution in [0.2, 0.25) is 0 Å². The van der Waals surface area contributed by atoms with E-state index in [0.29, 0.717) is 0 Å². The van der Waals surface area contributed by atoms with Crippen LogP contribution in [-0.4, -0.2) is 24.9 Å². The molecule has 1 heterocycles. The van der Waals surface area contributed by atoms with Gasteiger partial charge in [0.2, 0.25) is 11.8 Å². The molecule has 1 saturated heterocycles. The number of carbonyl (C=O) groups excluding carboxylic acids is 2. The number of hydrogen-bond acceptors (Lipinski definition) is 4. The molecule has 104 valence electrons. The van der Waals surface area contributed by atoms with Crippen molar-refractivity contribution in [3.05, 3.63) is 29.3 Å². The van der Waals surface area contributed by atoms with Gasteiger partial charge in [-0.05, 0) is 18.2 Å². The lowest BCUT2D eigenvalue weighted by Crippen LogP contribution is -2.51. The number of carbonyl (C=O) groups is 2. The second kappa shape index (κ2) is 4.85. The molecule has 1 aromatic rings. The van der Waals surface area contributed by atoms with Crippen LogP contribution in [-0.2, 0) is 15.8 Å². The first-order valence-electron chi connectivity index (χ1n) is 5.50. The molecule has 20 heavy (non-hydrogen) atoms. The summed E-state index contributed by atoms with van der Waals surface area (Å²) in [5, 5.41) is 10.9. The summed E-state index contributed by atoms with van der Waals surface area (Å²) in [7, 11) is 0. The van der Waals surface area contributed by atoms with E-state index in [1.54, 1.807) is 0 Å². The highest BCUT2D eigenvalue weighted by molar-refractivity contribution is 6.02. The van der Waals surface area contributed by atoms with Gasteiger partial charge in [-0.25, -0.2) is 0 Å². The van der Waals surface area contributed by atoms with Gasteiger partial charge in [0.25, 0.3) is 0 Å². The number of nitrogens with one attached hydrogen (secondary N) is 1. The molecule has 2 amide bonds. The van der Waals surface area contributed by atoms with Crippen molar-refractivity contribution in [3.8, 4) is 6.07 Å². The highest BCUT2D eigenvalue weighted by Gasteiger charge is 2.34. The maximum atomic E-state index is 12.7. The summed E-state index contributed by atoms with van der Waals surface area (Å²) < 4.78 is 38.0. The first kappa shape index (κ1) is 13.9. The van der Waals surface area contributed by atoms with E-state index in [9.17, 15) is 22.8 Å². The lowest BCUT2D eigenvalue weighted by Gasteiger charge is -2.27. The van der Waals surface area contributed by atoms with Gasteiger partial charge in [-0.15, -0.1) is 0 Å². The quantitative estimate of drug-likeness (QED) is 0.782. The summed E-state index contributed by atoms with van der Waals surface area (Å²) in [6.07, 6.45) is -4.63. The van der Waals surface area contributed by atoms with Gasteiger partial charge in [-0.1, -0.05) is 0 Å². The van der Waals surface area contributed by atoms with Gasteiger partial charge in [0, 0.05) is 5.69 Å². The third kappa shape index (κ3) is 2.71. The van der Waals surface area contributed by atoms with Gasteiger partial charge < -0.3 is 4.90 Å². The smallest absolute Gasteiger partial charge is 0.353 e. The second-order valence-electron chi connectivity index (χ2n) is 4.17. The summed E-state index contributed by atoms with van der Waals surface area (Å²) in [4.78, 5) is 23.7. The van der Waals surface area contributed by atoms with E-state index in [1.807, 2.05) is 0 Å². The zero-order valence-electron chi connectivity index (χ0n) is 9.99. The predicted octanol–water partition coefficient (Wildman–Crippen LogP) is 1.04. The maximum absolute atomic E-state index is 12.7. The molecule has 1 fully saturated rings. The molecular weight excluding hydrogens is 275 g/mol. The number of rotatable bonds is 1. The monoisotopic (exact) mass is 283 g/mol. The number of nitriles is 1. The van der Waals surface area contributed by atoms with E-state index in [-0.39, 0.29) is 18.8 Å². The van der Waals surface area contributed by atoms with Crippen molar-refractivity contribution in [1.82, 2.24) is 5.32 Å². The Balaban J connectivity index is 2.38. The molecule has 1 N–H and O–H groups in total. The van der Waals surface area contributed by atoms with Crippen LogP contribution in [0.15, 0.2) is 18.2 Å². The zero-order chi connectivity index (χ0) is 14.9. The fourth-order valence-electron chi connectivity index (χ4n) is 1.89. The van der Waals surface area contributed by atoms with Crippen LogP contribution < -0.4 is 10.2 Å². The minimum atomic E-state index is -4.63. The Bertz CT molecular complexity index is 603. The van der Waals surface area contributed by atoms with Crippen LogP contribution in [0.1, 0.15) is 11.1 Å². The van der Waals surface area contributed by atoms with Gasteiger partial charge in [-0.3, -0.25) is 14.9 Å². The highest BCUT2D eigenvalue weighted by Crippen LogP contribution is 2.33. The van der Waals surface area contributed by atoms with Gasteiger partial charge in [0.05, 0.1) is 30.3 Å². The minimum Gasteiger partial charge on any atom is -0.353 e. The number of anilines is 1. The molecule has 2 rings (SSSR count). The Morgan fingerprint density at radius 1 is 1.20 bits per heavy atom. The van der Waals surface area contributed by atoms with E-state index in [0.717, 1.165) is 18.2 Å². The molecule has 0 unspecified atom stereocenters. The van der Waals surface area contributed by atoms with Crippen molar-refractivity contribution in [2.24, 2.45) is 0 Å². The summed E-state index contributed by atoms with van der Waals surface area (Å²) in [6.45, 7) is -0.302. The predicted molar refractivity (Wildman–Crippen MR) is 61.5 cm³/mol. The minimum absolute atomic E-state index is 0.151. The Kier molecular flexibility index (Phi) is 3.36. The average Bonchev–Trinajstić information content (AvgIpc) is 2.35. The molecule has 1 aliphatic heterocycles. The van der Waals surface area contributed by atoms with Crippen molar-refractivity contribution in [1.29, 1.82) is 5.26 Å². The molecule has 0 bridgehead atoms. The van der Waals surface area contributed by atoms with Gasteiger partial charge >= 0.3 is 6.18 Å². The number of imide groups is 1. The SMILES string of the molecule is N#Cc1cc(N2CC(=O)NC(=O)C2)ccc1C(F)(F)F. The van der Waals surface area contributed by atoms with Gasteiger partial charge in [0.1, 0.15) is 0 Å². The number of halogens is 3. The summed E-state index contributed by atoms with van der Waals surface area (Å²) >= 11 is 0. The van der Waals surface area contributed by atoms with Crippen LogP contribution in [0.5, 0.6) is 0 Å². The first-order chi connectivity index (χ1) is 9.31. The molecule has 0 radical (unpaired) electrons. The van der Waals surface area contributed by atoms with Crippen molar-refractivity contribution < 1.29 is 22.8 Å². The van der Waals surface area contributed by atoms with Crippen molar-refractivity contribution in [2.45, 2.75) is 6.18 Å². The summed E-state index contributed by atoms with van der Waals surface area (Å²) in [5.74, 6) is -1.08. The number of benzene rings is 1. The molecule has 0 aromatic heterocycles. The summed E-state index contributed by atoms with van der Waals surface area (Å²) in [5.41, 5.74) is -1.37. The molecule has 0 aliphatic carbocycles. The maximum Gasteiger partial charge on any atom is 0.417 e. The first-order valence-corrected chi connectivity index (χ1v) is 5.50. The van der Waals surface area contributed by atoms with Gasteiger partial charge in [0.15, 0.2) is 0 Å². The standard InChI is InChI=1S/C12H8F3N3O2/c13-12(14,15)9-2-1-8(3-7(9)4-16)18-5-10(19)17-11(20)6-18/h1-3H,5-6H2,(H,17,19,20). The third-order valence-electron chi connectivity index (χ3n) is 2.74. The number of nitrogens with zero attached hydrogens (tertiary/aromatic N) is 2. The zero-order valence-corrected chi connectivity index (χ0v) is 9.99. The van der Waals surface area contributed by atoms with Crippen LogP contribution in [0.4, 0.5) is 18.9 Å². The van der Waals surface area contributed by atoms with Crippen LogP contribution >= 0.6 is 0 Å². The Morgan fingerprint density at radius 2 is 1.80 bits per heavy atom. The number of hydrogen-bond donors (Lipinski definition) is 1. The second-order valence-corrected chi connectivity index (χ2v) is 4.17. The van der Waals surface area contributed by atoms with Crippen molar-refractivity contribution >= 4 is 17.5 Å². The lowest BCUT2D eigenvalue weighted by molar-refractivity contribution is -0.138. The lowest BCUT2D eigenvalue weighted by atomic mass is 10.1. The molecule has 0 saturated carbocycles. The highest BCUT2D eigenvalue weighted by atomic mass is 19.4.